The van der Waals surface area contributed by atoms with E-state index in [4.69, 9.17) is 5.73 Å². The molecule has 0 spiro atoms. The molecular formula is C17H21N5O2. The third kappa shape index (κ3) is 3.29. The summed E-state index contributed by atoms with van der Waals surface area (Å²) < 4.78 is 1.83. The van der Waals surface area contributed by atoms with Crippen LogP contribution in [0.15, 0.2) is 24.3 Å². The quantitative estimate of drug-likeness (QED) is 0.795. The van der Waals surface area contributed by atoms with E-state index in [9.17, 15) is 9.59 Å². The third-order valence-electron chi connectivity index (χ3n) is 4.12. The van der Waals surface area contributed by atoms with Crippen molar-refractivity contribution in [3.8, 4) is 0 Å². The highest BCUT2D eigenvalue weighted by Crippen LogP contribution is 2.27. The Labute approximate surface area is 140 Å². The number of rotatable bonds is 7. The van der Waals surface area contributed by atoms with Gasteiger partial charge in [-0.05, 0) is 18.1 Å². The van der Waals surface area contributed by atoms with E-state index in [-0.39, 0.29) is 18.4 Å². The second-order valence-corrected chi connectivity index (χ2v) is 5.98. The monoisotopic (exact) mass is 327 g/mol. The summed E-state index contributed by atoms with van der Waals surface area (Å²) in [7, 11) is 0. The van der Waals surface area contributed by atoms with Crippen LogP contribution in [-0.2, 0) is 24.2 Å². The molecule has 0 radical (unpaired) electrons. The summed E-state index contributed by atoms with van der Waals surface area (Å²) in [6, 6.07) is 7.43. The molecule has 1 aliphatic rings. The van der Waals surface area contributed by atoms with Gasteiger partial charge in [0.1, 0.15) is 5.82 Å². The SMILES string of the molecule is CCCCn1nc(CC(N)=O)nc1CC1NC(=O)c2ccccc21. The number of nitrogens with zero attached hydrogens (tertiary/aromatic N) is 3. The van der Waals surface area contributed by atoms with Crippen LogP contribution in [0.2, 0.25) is 0 Å². The zero-order valence-corrected chi connectivity index (χ0v) is 13.7. The lowest BCUT2D eigenvalue weighted by molar-refractivity contribution is -0.117. The summed E-state index contributed by atoms with van der Waals surface area (Å²) in [5, 5.41) is 7.39. The first-order valence-electron chi connectivity index (χ1n) is 8.19. The molecule has 1 aliphatic heterocycles. The first kappa shape index (κ1) is 16.2. The van der Waals surface area contributed by atoms with Gasteiger partial charge in [-0.25, -0.2) is 9.67 Å². The molecule has 0 bridgehead atoms. The van der Waals surface area contributed by atoms with Gasteiger partial charge >= 0.3 is 0 Å². The Morgan fingerprint density at radius 2 is 2.17 bits per heavy atom. The summed E-state index contributed by atoms with van der Waals surface area (Å²) in [6.07, 6.45) is 2.57. The number of aryl methyl sites for hydroxylation is 1. The molecule has 3 N–H and O–H groups in total. The fourth-order valence-electron chi connectivity index (χ4n) is 2.96. The van der Waals surface area contributed by atoms with Gasteiger partial charge in [-0.15, -0.1) is 0 Å². The van der Waals surface area contributed by atoms with E-state index >= 15 is 0 Å². The molecule has 1 aromatic heterocycles. The minimum Gasteiger partial charge on any atom is -0.369 e. The van der Waals surface area contributed by atoms with Crippen molar-refractivity contribution in [2.24, 2.45) is 5.73 Å². The Morgan fingerprint density at radius 1 is 1.38 bits per heavy atom. The number of carbonyl (C=O) groups excluding carboxylic acids is 2. The van der Waals surface area contributed by atoms with E-state index in [1.807, 2.05) is 28.9 Å². The molecule has 0 saturated carbocycles. The Hall–Kier alpha value is -2.70. The Morgan fingerprint density at radius 3 is 2.92 bits per heavy atom. The Kier molecular flexibility index (Phi) is 4.59. The molecule has 2 aromatic rings. The van der Waals surface area contributed by atoms with Gasteiger partial charge in [-0.3, -0.25) is 9.59 Å². The number of primary amides is 1. The number of hydrogen-bond donors (Lipinski definition) is 2. The van der Waals surface area contributed by atoms with Crippen LogP contribution < -0.4 is 11.1 Å². The first-order chi connectivity index (χ1) is 11.6. The van der Waals surface area contributed by atoms with Crippen LogP contribution in [0, 0.1) is 0 Å². The second-order valence-electron chi connectivity index (χ2n) is 5.98. The lowest BCUT2D eigenvalue weighted by atomic mass is 10.0. The topological polar surface area (TPSA) is 103 Å². The number of nitrogens with two attached hydrogens (primary N) is 1. The van der Waals surface area contributed by atoms with Crippen molar-refractivity contribution in [2.45, 2.75) is 45.2 Å². The molecule has 126 valence electrons. The number of benzene rings is 1. The number of carbonyl (C=O) groups is 2. The number of nitrogens with one attached hydrogen (secondary N) is 1. The summed E-state index contributed by atoms with van der Waals surface area (Å²) in [5.41, 5.74) is 6.93. The molecule has 1 aromatic carbocycles. The minimum absolute atomic E-state index is 0.0275. The van der Waals surface area contributed by atoms with E-state index in [0.717, 1.165) is 30.8 Å². The maximum atomic E-state index is 12.1. The van der Waals surface area contributed by atoms with Crippen molar-refractivity contribution in [2.75, 3.05) is 0 Å². The zero-order chi connectivity index (χ0) is 17.1. The predicted molar refractivity (Wildman–Crippen MR) is 88.2 cm³/mol. The molecule has 1 unspecified atom stereocenters. The van der Waals surface area contributed by atoms with Crippen molar-refractivity contribution < 1.29 is 9.59 Å². The Balaban J connectivity index is 1.85. The standard InChI is InChI=1S/C17H21N5O2/c1-2-3-8-22-16(20-15(21-22)10-14(18)23)9-13-11-6-4-5-7-12(11)17(24)19-13/h4-7,13H,2-3,8-10H2,1H3,(H2,18,23)(H,19,24). The van der Waals surface area contributed by atoms with Crippen LogP contribution in [0.5, 0.6) is 0 Å². The maximum absolute atomic E-state index is 12.1. The normalized spacial score (nSPS) is 16.0. The van der Waals surface area contributed by atoms with Gasteiger partial charge in [0.25, 0.3) is 5.91 Å². The van der Waals surface area contributed by atoms with E-state index in [1.54, 1.807) is 0 Å². The molecule has 7 nitrogen and oxygen atoms in total. The van der Waals surface area contributed by atoms with Crippen molar-refractivity contribution in [1.29, 1.82) is 0 Å². The summed E-state index contributed by atoms with van der Waals surface area (Å²) in [6.45, 7) is 2.84. The van der Waals surface area contributed by atoms with Gasteiger partial charge in [0.15, 0.2) is 5.82 Å². The molecule has 1 atom stereocenters. The molecule has 7 heteroatoms. The van der Waals surface area contributed by atoms with Crippen molar-refractivity contribution in [1.82, 2.24) is 20.1 Å². The van der Waals surface area contributed by atoms with Crippen LogP contribution in [0.1, 0.15) is 53.4 Å². The van der Waals surface area contributed by atoms with Gasteiger partial charge in [-0.2, -0.15) is 5.10 Å². The third-order valence-corrected chi connectivity index (χ3v) is 4.12. The fourth-order valence-corrected chi connectivity index (χ4v) is 2.96. The smallest absolute Gasteiger partial charge is 0.252 e. The maximum Gasteiger partial charge on any atom is 0.252 e. The van der Waals surface area contributed by atoms with Gasteiger partial charge in [0.2, 0.25) is 5.91 Å². The average molecular weight is 327 g/mol. The fraction of sp³-hybridized carbons (Fsp3) is 0.412. The van der Waals surface area contributed by atoms with E-state index in [0.29, 0.717) is 17.8 Å². The molecule has 0 fully saturated rings. The number of aromatic nitrogens is 3. The van der Waals surface area contributed by atoms with E-state index < -0.39 is 5.91 Å². The van der Waals surface area contributed by atoms with Gasteiger partial charge in [0.05, 0.1) is 12.5 Å². The van der Waals surface area contributed by atoms with Crippen LogP contribution >= 0.6 is 0 Å². The molecule has 0 aliphatic carbocycles. The molecular weight excluding hydrogens is 306 g/mol. The summed E-state index contributed by atoms with van der Waals surface area (Å²) in [4.78, 5) is 27.7. The highest BCUT2D eigenvalue weighted by molar-refractivity contribution is 5.99. The zero-order valence-electron chi connectivity index (χ0n) is 13.7. The Bertz CT molecular complexity index is 768. The molecule has 24 heavy (non-hydrogen) atoms. The number of amides is 2. The van der Waals surface area contributed by atoms with E-state index in [1.165, 1.54) is 0 Å². The van der Waals surface area contributed by atoms with E-state index in [2.05, 4.69) is 22.3 Å². The van der Waals surface area contributed by atoms with Gasteiger partial charge in [-0.1, -0.05) is 31.5 Å². The predicted octanol–water partition coefficient (Wildman–Crippen LogP) is 1.13. The highest BCUT2D eigenvalue weighted by Gasteiger charge is 2.29. The van der Waals surface area contributed by atoms with Crippen LogP contribution in [0.25, 0.3) is 0 Å². The van der Waals surface area contributed by atoms with Gasteiger partial charge in [0, 0.05) is 18.5 Å². The molecule has 2 heterocycles. The van der Waals surface area contributed by atoms with Crippen molar-refractivity contribution in [3.63, 3.8) is 0 Å². The number of unbranched alkanes of at least 4 members (excludes halogenated alkanes) is 1. The lowest BCUT2D eigenvalue weighted by Crippen LogP contribution is -2.22. The van der Waals surface area contributed by atoms with Crippen LogP contribution in [0.3, 0.4) is 0 Å². The van der Waals surface area contributed by atoms with Gasteiger partial charge < -0.3 is 11.1 Å². The van der Waals surface area contributed by atoms with Crippen LogP contribution in [0.4, 0.5) is 0 Å². The van der Waals surface area contributed by atoms with Crippen LogP contribution in [-0.4, -0.2) is 26.6 Å². The lowest BCUT2D eigenvalue weighted by Gasteiger charge is -2.12. The number of fused-ring (bicyclic) bond motifs is 1. The summed E-state index contributed by atoms with van der Waals surface area (Å²) >= 11 is 0. The molecule has 0 saturated heterocycles. The summed E-state index contributed by atoms with van der Waals surface area (Å²) in [5.74, 6) is 0.689. The minimum atomic E-state index is -0.450. The highest BCUT2D eigenvalue weighted by atomic mass is 16.2. The number of hydrogen-bond acceptors (Lipinski definition) is 4. The first-order valence-corrected chi connectivity index (χ1v) is 8.19. The van der Waals surface area contributed by atoms with Crippen molar-refractivity contribution in [3.05, 3.63) is 47.0 Å². The van der Waals surface area contributed by atoms with Crippen molar-refractivity contribution >= 4 is 11.8 Å². The molecule has 3 rings (SSSR count). The largest absolute Gasteiger partial charge is 0.369 e. The molecule has 2 amide bonds. The average Bonchev–Trinajstić information content (AvgIpc) is 3.07. The second kappa shape index (κ2) is 6.82.